The standard InChI is InChI=1S/C26H37N5/c1-2-9-18-31(17-8-1)25-23-14-6-7-15-24(23)28-26(29-25)27-22-13-10-16-30(20-22)19-21-11-4-3-5-12-21/h3-5,11-12,22H,1-2,6-10,13-20H2,(H,27,28,29)/t22-/m0/s1. The number of hydrogen-bond acceptors (Lipinski definition) is 5. The van der Waals surface area contributed by atoms with Crippen LogP contribution in [0.15, 0.2) is 30.3 Å². The molecule has 0 bridgehead atoms. The summed E-state index contributed by atoms with van der Waals surface area (Å²) in [4.78, 5) is 15.3. The number of benzene rings is 1. The molecular formula is C26H37N5. The minimum Gasteiger partial charge on any atom is -0.356 e. The van der Waals surface area contributed by atoms with Crippen molar-refractivity contribution in [2.45, 2.75) is 76.8 Å². The topological polar surface area (TPSA) is 44.3 Å². The van der Waals surface area contributed by atoms with Crippen molar-refractivity contribution in [1.82, 2.24) is 14.9 Å². The lowest BCUT2D eigenvalue weighted by atomic mass is 9.96. The first-order chi connectivity index (χ1) is 15.3. The van der Waals surface area contributed by atoms with E-state index in [1.807, 2.05) is 0 Å². The van der Waals surface area contributed by atoms with E-state index in [0.717, 1.165) is 45.0 Å². The van der Waals surface area contributed by atoms with Crippen LogP contribution < -0.4 is 10.2 Å². The highest BCUT2D eigenvalue weighted by atomic mass is 15.3. The maximum atomic E-state index is 5.14. The van der Waals surface area contributed by atoms with Crippen molar-refractivity contribution in [3.05, 3.63) is 47.2 Å². The Morgan fingerprint density at radius 1 is 0.839 bits per heavy atom. The number of aryl methyl sites for hydroxylation is 1. The van der Waals surface area contributed by atoms with Crippen molar-refractivity contribution in [3.63, 3.8) is 0 Å². The fourth-order valence-electron chi connectivity index (χ4n) is 5.52. The number of nitrogens with one attached hydrogen (secondary N) is 1. The molecule has 2 fully saturated rings. The second-order valence-corrected chi connectivity index (χ2v) is 9.61. The van der Waals surface area contributed by atoms with E-state index in [2.05, 4.69) is 45.4 Å². The molecule has 5 rings (SSSR count). The summed E-state index contributed by atoms with van der Waals surface area (Å²) in [7, 11) is 0. The van der Waals surface area contributed by atoms with Gasteiger partial charge in [-0.05, 0) is 63.5 Å². The van der Waals surface area contributed by atoms with Gasteiger partial charge in [-0.1, -0.05) is 43.2 Å². The molecule has 31 heavy (non-hydrogen) atoms. The quantitative estimate of drug-likeness (QED) is 0.753. The van der Waals surface area contributed by atoms with E-state index in [4.69, 9.17) is 9.97 Å². The first-order valence-corrected chi connectivity index (χ1v) is 12.5. The van der Waals surface area contributed by atoms with Crippen LogP contribution in [-0.2, 0) is 19.4 Å². The molecule has 0 radical (unpaired) electrons. The number of piperidine rings is 1. The number of nitrogens with zero attached hydrogens (tertiary/aromatic N) is 4. The molecule has 5 nitrogen and oxygen atoms in total. The van der Waals surface area contributed by atoms with Gasteiger partial charge in [0.1, 0.15) is 5.82 Å². The zero-order chi connectivity index (χ0) is 20.9. The van der Waals surface area contributed by atoms with Crippen molar-refractivity contribution in [3.8, 4) is 0 Å². The highest BCUT2D eigenvalue weighted by molar-refractivity contribution is 5.54. The van der Waals surface area contributed by atoms with Gasteiger partial charge in [-0.15, -0.1) is 0 Å². The maximum Gasteiger partial charge on any atom is 0.225 e. The Balaban J connectivity index is 1.32. The van der Waals surface area contributed by atoms with Crippen molar-refractivity contribution in [2.75, 3.05) is 36.4 Å². The van der Waals surface area contributed by atoms with Gasteiger partial charge >= 0.3 is 0 Å². The highest BCUT2D eigenvalue weighted by Crippen LogP contribution is 2.31. The first-order valence-electron chi connectivity index (χ1n) is 12.5. The molecule has 1 aromatic heterocycles. The van der Waals surface area contributed by atoms with Crippen LogP contribution in [0.25, 0.3) is 0 Å². The molecule has 0 spiro atoms. The van der Waals surface area contributed by atoms with Crippen LogP contribution in [0.5, 0.6) is 0 Å². The lowest BCUT2D eigenvalue weighted by Gasteiger charge is -2.34. The Morgan fingerprint density at radius 3 is 2.48 bits per heavy atom. The minimum absolute atomic E-state index is 0.427. The van der Waals surface area contributed by atoms with Crippen LogP contribution in [0.3, 0.4) is 0 Å². The summed E-state index contributed by atoms with van der Waals surface area (Å²) in [5, 5.41) is 3.75. The fraction of sp³-hybridized carbons (Fsp3) is 0.615. The molecule has 2 aromatic rings. The molecule has 3 aliphatic rings. The maximum absolute atomic E-state index is 5.14. The van der Waals surface area contributed by atoms with E-state index < -0.39 is 0 Å². The molecule has 1 aromatic carbocycles. The summed E-state index contributed by atoms with van der Waals surface area (Å²) < 4.78 is 0. The number of fused-ring (bicyclic) bond motifs is 1. The van der Waals surface area contributed by atoms with E-state index in [0.29, 0.717) is 6.04 Å². The predicted molar refractivity (Wildman–Crippen MR) is 128 cm³/mol. The molecule has 2 saturated heterocycles. The lowest BCUT2D eigenvalue weighted by molar-refractivity contribution is 0.208. The molecule has 0 amide bonds. The van der Waals surface area contributed by atoms with E-state index in [1.165, 1.54) is 80.6 Å². The van der Waals surface area contributed by atoms with Crippen molar-refractivity contribution in [2.24, 2.45) is 0 Å². The molecule has 166 valence electrons. The van der Waals surface area contributed by atoms with Crippen LogP contribution in [0.4, 0.5) is 11.8 Å². The van der Waals surface area contributed by atoms with Gasteiger partial charge in [0.05, 0.1) is 5.69 Å². The summed E-state index contributed by atoms with van der Waals surface area (Å²) in [6.07, 6.45) is 12.5. The van der Waals surface area contributed by atoms with E-state index in [-0.39, 0.29) is 0 Å². The zero-order valence-electron chi connectivity index (χ0n) is 18.9. The second kappa shape index (κ2) is 9.99. The third-order valence-corrected chi connectivity index (χ3v) is 7.15. The third-order valence-electron chi connectivity index (χ3n) is 7.15. The van der Waals surface area contributed by atoms with Gasteiger partial charge in [0, 0.05) is 37.8 Å². The van der Waals surface area contributed by atoms with Crippen molar-refractivity contribution >= 4 is 11.8 Å². The smallest absolute Gasteiger partial charge is 0.225 e. The summed E-state index contributed by atoms with van der Waals surface area (Å²) in [6, 6.07) is 11.3. The Bertz CT molecular complexity index is 844. The number of rotatable bonds is 5. The average molecular weight is 420 g/mol. The average Bonchev–Trinajstić information content (AvgIpc) is 3.09. The third kappa shape index (κ3) is 5.20. The monoisotopic (exact) mass is 419 g/mol. The summed E-state index contributed by atoms with van der Waals surface area (Å²) >= 11 is 0. The van der Waals surface area contributed by atoms with E-state index in [1.54, 1.807) is 0 Å². The predicted octanol–water partition coefficient (Wildman–Crippen LogP) is 4.81. The van der Waals surface area contributed by atoms with Gasteiger partial charge in [0.15, 0.2) is 0 Å². The summed E-state index contributed by atoms with van der Waals surface area (Å²) in [5.41, 5.74) is 4.14. The van der Waals surface area contributed by atoms with E-state index in [9.17, 15) is 0 Å². The minimum atomic E-state index is 0.427. The zero-order valence-corrected chi connectivity index (χ0v) is 18.9. The van der Waals surface area contributed by atoms with Crippen LogP contribution in [-0.4, -0.2) is 47.1 Å². The molecule has 1 N–H and O–H groups in total. The van der Waals surface area contributed by atoms with Crippen LogP contribution >= 0.6 is 0 Å². The van der Waals surface area contributed by atoms with Crippen LogP contribution in [0, 0.1) is 0 Å². The second-order valence-electron chi connectivity index (χ2n) is 9.61. The number of hydrogen-bond donors (Lipinski definition) is 1. The number of likely N-dealkylation sites (tertiary alicyclic amines) is 1. The first kappa shape index (κ1) is 20.7. The van der Waals surface area contributed by atoms with Crippen molar-refractivity contribution < 1.29 is 0 Å². The van der Waals surface area contributed by atoms with Gasteiger partial charge in [0.25, 0.3) is 0 Å². The van der Waals surface area contributed by atoms with Crippen molar-refractivity contribution in [1.29, 1.82) is 0 Å². The molecular weight excluding hydrogens is 382 g/mol. The molecule has 1 aliphatic carbocycles. The summed E-state index contributed by atoms with van der Waals surface area (Å²) in [6.45, 7) is 5.57. The van der Waals surface area contributed by atoms with Crippen LogP contribution in [0.2, 0.25) is 0 Å². The lowest BCUT2D eigenvalue weighted by Crippen LogP contribution is -2.42. The number of aromatic nitrogens is 2. The van der Waals surface area contributed by atoms with Crippen LogP contribution in [0.1, 0.15) is 68.2 Å². The largest absolute Gasteiger partial charge is 0.356 e. The fourth-order valence-corrected chi connectivity index (χ4v) is 5.52. The molecule has 3 heterocycles. The Kier molecular flexibility index (Phi) is 6.68. The molecule has 0 saturated carbocycles. The van der Waals surface area contributed by atoms with Gasteiger partial charge in [0.2, 0.25) is 5.95 Å². The molecule has 2 aliphatic heterocycles. The van der Waals surface area contributed by atoms with Gasteiger partial charge in [-0.2, -0.15) is 4.98 Å². The van der Waals surface area contributed by atoms with Gasteiger partial charge < -0.3 is 10.2 Å². The molecule has 0 unspecified atom stereocenters. The Hall–Kier alpha value is -2.14. The van der Waals surface area contributed by atoms with Gasteiger partial charge in [-0.3, -0.25) is 4.90 Å². The Labute approximate surface area is 187 Å². The SMILES string of the molecule is c1ccc(CN2CCC[C@H](Nc3nc4c(c(N5CCCCCC5)n3)CCCC4)C2)cc1. The highest BCUT2D eigenvalue weighted by Gasteiger charge is 2.25. The molecule has 1 atom stereocenters. The van der Waals surface area contributed by atoms with Gasteiger partial charge in [-0.25, -0.2) is 4.98 Å². The Morgan fingerprint density at radius 2 is 1.65 bits per heavy atom. The number of anilines is 2. The summed E-state index contributed by atoms with van der Waals surface area (Å²) in [5.74, 6) is 2.11. The molecule has 5 heteroatoms. The normalized spacial score (nSPS) is 22.6. The van der Waals surface area contributed by atoms with E-state index >= 15 is 0 Å².